The molecule has 6 nitrogen and oxygen atoms in total. The van der Waals surface area contributed by atoms with Gasteiger partial charge in [0.25, 0.3) is 5.91 Å². The highest BCUT2D eigenvalue weighted by Gasteiger charge is 2.16. The van der Waals surface area contributed by atoms with Crippen LogP contribution in [0.2, 0.25) is 0 Å². The third-order valence-electron chi connectivity index (χ3n) is 5.06. The highest BCUT2D eigenvalue weighted by Crippen LogP contribution is 2.34. The summed E-state index contributed by atoms with van der Waals surface area (Å²) in [6.07, 6.45) is 0. The van der Waals surface area contributed by atoms with Crippen LogP contribution in [-0.2, 0) is 17.9 Å². The van der Waals surface area contributed by atoms with E-state index in [9.17, 15) is 9.90 Å². The Kier molecular flexibility index (Phi) is 5.32. The van der Waals surface area contributed by atoms with Gasteiger partial charge < -0.3 is 21.1 Å². The Hall–Kier alpha value is -3.90. The van der Waals surface area contributed by atoms with Crippen molar-refractivity contribution in [3.05, 3.63) is 84.4 Å². The normalized spacial score (nSPS) is 10.8. The third-order valence-corrected chi connectivity index (χ3v) is 5.06. The first-order valence-electron chi connectivity index (χ1n) is 9.57. The van der Waals surface area contributed by atoms with E-state index in [0.29, 0.717) is 0 Å². The highest BCUT2D eigenvalue weighted by atomic mass is 16.3. The lowest BCUT2D eigenvalue weighted by Crippen LogP contribution is -2.25. The van der Waals surface area contributed by atoms with Crippen molar-refractivity contribution >= 4 is 22.6 Å². The monoisotopic (exact) mass is 398 g/mol. The Labute approximate surface area is 174 Å². The minimum absolute atomic E-state index is 0.000535. The first-order valence-corrected chi connectivity index (χ1v) is 9.57. The summed E-state index contributed by atoms with van der Waals surface area (Å²) in [7, 11) is 0. The number of guanidine groups is 1. The van der Waals surface area contributed by atoms with Crippen molar-refractivity contribution in [2.75, 3.05) is 0 Å². The van der Waals surface area contributed by atoms with Crippen LogP contribution in [0.4, 0.5) is 0 Å². The number of aromatic nitrogens is 1. The van der Waals surface area contributed by atoms with Crippen molar-refractivity contribution in [1.29, 1.82) is 0 Å². The van der Waals surface area contributed by atoms with Gasteiger partial charge in [-0.05, 0) is 34.0 Å². The zero-order chi connectivity index (χ0) is 21.1. The van der Waals surface area contributed by atoms with E-state index in [1.54, 1.807) is 0 Å². The number of aliphatic hydroxyl groups excluding tert-OH is 1. The molecule has 0 fully saturated rings. The van der Waals surface area contributed by atoms with E-state index in [4.69, 9.17) is 11.5 Å². The number of hydrogen-bond donors (Lipinski definition) is 3. The van der Waals surface area contributed by atoms with Crippen molar-refractivity contribution in [2.45, 2.75) is 13.2 Å². The Morgan fingerprint density at radius 3 is 2.27 bits per heavy atom. The van der Waals surface area contributed by atoms with E-state index in [2.05, 4.69) is 4.99 Å². The average molecular weight is 398 g/mol. The zero-order valence-electron chi connectivity index (χ0n) is 16.3. The van der Waals surface area contributed by atoms with Crippen LogP contribution in [0.15, 0.2) is 83.9 Å². The molecule has 0 spiro atoms. The Morgan fingerprint density at radius 2 is 1.53 bits per heavy atom. The molecule has 1 heterocycles. The molecule has 0 unspecified atom stereocenters. The molecule has 150 valence electrons. The molecule has 1 aromatic heterocycles. The maximum atomic E-state index is 12.5. The van der Waals surface area contributed by atoms with Gasteiger partial charge in [0.2, 0.25) is 0 Å². The summed E-state index contributed by atoms with van der Waals surface area (Å²) < 4.78 is 1.92. The lowest BCUT2D eigenvalue weighted by molar-refractivity contribution is -0.118. The largest absolute Gasteiger partial charge is 0.392 e. The number of nitrogens with zero attached hydrogens (tertiary/aromatic N) is 2. The first-order chi connectivity index (χ1) is 14.6. The fourth-order valence-corrected chi connectivity index (χ4v) is 3.78. The molecule has 4 aromatic rings. The van der Waals surface area contributed by atoms with Crippen molar-refractivity contribution in [1.82, 2.24) is 4.57 Å². The molecule has 5 N–H and O–H groups in total. The Morgan fingerprint density at radius 1 is 0.833 bits per heavy atom. The molecule has 3 aromatic carbocycles. The first kappa shape index (κ1) is 19.4. The molecule has 0 aliphatic heterocycles. The topological polar surface area (TPSA) is 107 Å². The van der Waals surface area contributed by atoms with Crippen LogP contribution < -0.4 is 11.5 Å². The molecule has 0 saturated heterocycles. The standard InChI is InChI=1S/C24H22N4O2/c25-24(26)27-23(30)14-28-21(16-6-2-1-3-7-16)12-13-22(28)20-11-5-9-18-17(15-29)8-4-10-19(18)20/h1-13,29H,14-15H2,(H4,25,26,27,30). The van der Waals surface area contributed by atoms with Crippen LogP contribution in [0.3, 0.4) is 0 Å². The Bertz CT molecular complexity index is 1240. The average Bonchev–Trinajstić information content (AvgIpc) is 3.16. The summed E-state index contributed by atoms with van der Waals surface area (Å²) in [6, 6.07) is 25.6. The molecule has 1 amide bonds. The number of rotatable bonds is 5. The molecule has 4 rings (SSSR count). The van der Waals surface area contributed by atoms with Crippen LogP contribution in [0, 0.1) is 0 Å². The van der Waals surface area contributed by atoms with Crippen LogP contribution in [0.1, 0.15) is 5.56 Å². The van der Waals surface area contributed by atoms with Gasteiger partial charge in [0.15, 0.2) is 5.96 Å². The number of carbonyl (C=O) groups excluding carboxylic acids is 1. The summed E-state index contributed by atoms with van der Waals surface area (Å²) in [5.74, 6) is -0.686. The number of benzene rings is 3. The van der Waals surface area contributed by atoms with Gasteiger partial charge >= 0.3 is 0 Å². The number of aliphatic imine (C=N–C) groups is 1. The van der Waals surface area contributed by atoms with E-state index >= 15 is 0 Å². The van der Waals surface area contributed by atoms with Gasteiger partial charge in [-0.15, -0.1) is 0 Å². The summed E-state index contributed by atoms with van der Waals surface area (Å²) in [5, 5.41) is 11.7. The summed E-state index contributed by atoms with van der Waals surface area (Å²) >= 11 is 0. The molecule has 0 atom stereocenters. The smallest absolute Gasteiger partial charge is 0.268 e. The minimum atomic E-state index is -0.430. The van der Waals surface area contributed by atoms with Gasteiger partial charge in [0, 0.05) is 17.0 Å². The molecule has 0 bridgehead atoms. The van der Waals surface area contributed by atoms with Crippen LogP contribution in [-0.4, -0.2) is 21.5 Å². The van der Waals surface area contributed by atoms with E-state index in [0.717, 1.165) is 38.9 Å². The zero-order valence-corrected chi connectivity index (χ0v) is 16.3. The molecule has 30 heavy (non-hydrogen) atoms. The minimum Gasteiger partial charge on any atom is -0.392 e. The lowest BCUT2D eigenvalue weighted by atomic mass is 9.98. The highest BCUT2D eigenvalue weighted by molar-refractivity contribution is 5.99. The number of carbonyl (C=O) groups is 1. The number of nitrogens with two attached hydrogens (primary N) is 2. The molecule has 0 radical (unpaired) electrons. The second kappa shape index (κ2) is 8.23. The molecule has 6 heteroatoms. The van der Waals surface area contributed by atoms with Crippen molar-refractivity contribution < 1.29 is 9.90 Å². The quantitative estimate of drug-likeness (QED) is 0.354. The van der Waals surface area contributed by atoms with E-state index in [-0.39, 0.29) is 19.1 Å². The van der Waals surface area contributed by atoms with Crippen molar-refractivity contribution in [2.24, 2.45) is 16.5 Å². The maximum Gasteiger partial charge on any atom is 0.268 e. The van der Waals surface area contributed by atoms with Crippen molar-refractivity contribution in [3.63, 3.8) is 0 Å². The number of amides is 1. The number of fused-ring (bicyclic) bond motifs is 1. The number of aliphatic hydroxyl groups is 1. The van der Waals surface area contributed by atoms with Gasteiger partial charge in [-0.2, -0.15) is 4.99 Å². The molecular weight excluding hydrogens is 376 g/mol. The summed E-state index contributed by atoms with van der Waals surface area (Å²) in [5.41, 5.74) is 15.4. The summed E-state index contributed by atoms with van der Waals surface area (Å²) in [4.78, 5) is 16.1. The maximum absolute atomic E-state index is 12.5. The third kappa shape index (κ3) is 3.68. The fraction of sp³-hybridized carbons (Fsp3) is 0.0833. The summed E-state index contributed by atoms with van der Waals surface area (Å²) in [6.45, 7) is -0.0411. The van der Waals surface area contributed by atoms with E-state index < -0.39 is 5.91 Å². The van der Waals surface area contributed by atoms with Gasteiger partial charge in [-0.3, -0.25) is 4.79 Å². The van der Waals surface area contributed by atoms with Gasteiger partial charge in [-0.25, -0.2) is 0 Å². The molecule has 0 aliphatic carbocycles. The van der Waals surface area contributed by atoms with Gasteiger partial charge in [0.1, 0.15) is 6.54 Å². The van der Waals surface area contributed by atoms with Gasteiger partial charge in [-0.1, -0.05) is 66.7 Å². The fourth-order valence-electron chi connectivity index (χ4n) is 3.78. The molecular formula is C24H22N4O2. The van der Waals surface area contributed by atoms with E-state index in [1.165, 1.54) is 0 Å². The predicted octanol–water partition coefficient (Wildman–Crippen LogP) is 3.27. The van der Waals surface area contributed by atoms with Crippen LogP contribution >= 0.6 is 0 Å². The lowest BCUT2D eigenvalue weighted by Gasteiger charge is -2.15. The predicted molar refractivity (Wildman–Crippen MR) is 120 cm³/mol. The Balaban J connectivity index is 1.93. The van der Waals surface area contributed by atoms with Crippen LogP contribution in [0.5, 0.6) is 0 Å². The van der Waals surface area contributed by atoms with E-state index in [1.807, 2.05) is 83.4 Å². The van der Waals surface area contributed by atoms with Crippen molar-refractivity contribution in [3.8, 4) is 22.5 Å². The van der Waals surface area contributed by atoms with Gasteiger partial charge in [0.05, 0.1) is 6.61 Å². The second-order valence-corrected chi connectivity index (χ2v) is 6.96. The SMILES string of the molecule is NC(N)=NC(=O)Cn1c(-c2ccccc2)ccc1-c1cccc2c(CO)cccc12. The number of hydrogen-bond acceptors (Lipinski definition) is 2. The second-order valence-electron chi connectivity index (χ2n) is 6.96. The molecule has 0 saturated carbocycles. The molecule has 0 aliphatic rings. The van der Waals surface area contributed by atoms with Crippen LogP contribution in [0.25, 0.3) is 33.3 Å².